The second kappa shape index (κ2) is 42.9. The summed E-state index contributed by atoms with van der Waals surface area (Å²) in [5, 5.41) is 8.89. The molecule has 59 heavy (non-hydrogen) atoms. The molecule has 0 aliphatic heterocycles. The molecular formula is C47H90NO10P. The molecule has 0 aromatic heterocycles. The standard InChI is InChI=1S/C47H90NO10P/c1-3-5-7-9-11-13-15-17-18-19-20-21-22-23-24-25-26-27-29-30-32-34-36-38-45(49)55-40-43(41-56-59(53,54)57-42-44(48)47(51)52)58-46(50)39-37-35-33-31-28-16-14-12-10-8-6-4-2/h12,14,43-44H,3-11,13,15-42,48H2,1-2H3,(H,51,52)(H,53,54)/b14-12-. The second-order valence-corrected chi connectivity index (χ2v) is 18.1. The zero-order valence-electron chi connectivity index (χ0n) is 37.9. The van der Waals surface area contributed by atoms with E-state index in [0.29, 0.717) is 12.8 Å². The van der Waals surface area contributed by atoms with Gasteiger partial charge in [-0.2, -0.15) is 0 Å². The SMILES string of the molecule is CCCCC/C=C\CCCCCCCC(=O)OC(COC(=O)CCCCCCCCCCCCCCCCCCCCCCCCC)COP(=O)(O)OCC(N)C(=O)O. The molecule has 0 fully saturated rings. The lowest BCUT2D eigenvalue weighted by Crippen LogP contribution is -2.34. The number of hydrogen-bond acceptors (Lipinski definition) is 9. The lowest BCUT2D eigenvalue weighted by atomic mass is 10.0. The van der Waals surface area contributed by atoms with Crippen molar-refractivity contribution in [3.05, 3.63) is 12.2 Å². The van der Waals surface area contributed by atoms with Gasteiger partial charge < -0.3 is 25.2 Å². The van der Waals surface area contributed by atoms with Crippen molar-refractivity contribution in [3.63, 3.8) is 0 Å². The van der Waals surface area contributed by atoms with E-state index in [9.17, 15) is 23.8 Å². The lowest BCUT2D eigenvalue weighted by molar-refractivity contribution is -0.161. The largest absolute Gasteiger partial charge is 0.480 e. The number of esters is 2. The minimum absolute atomic E-state index is 0.155. The van der Waals surface area contributed by atoms with Gasteiger partial charge >= 0.3 is 25.7 Å². The molecule has 0 bridgehead atoms. The summed E-state index contributed by atoms with van der Waals surface area (Å²) in [5.74, 6) is -2.37. The van der Waals surface area contributed by atoms with Crippen LogP contribution in [0.15, 0.2) is 12.2 Å². The first-order valence-corrected chi connectivity index (χ1v) is 25.7. The van der Waals surface area contributed by atoms with E-state index in [1.165, 1.54) is 141 Å². The van der Waals surface area contributed by atoms with Crippen LogP contribution in [0, 0.1) is 0 Å². The first kappa shape index (κ1) is 57.2. The predicted octanol–water partition coefficient (Wildman–Crippen LogP) is 13.2. The van der Waals surface area contributed by atoms with Crippen molar-refractivity contribution in [1.82, 2.24) is 0 Å². The van der Waals surface area contributed by atoms with Gasteiger partial charge in [-0.15, -0.1) is 0 Å². The molecule has 3 atom stereocenters. The average molecular weight is 860 g/mol. The van der Waals surface area contributed by atoms with Crippen LogP contribution in [-0.2, 0) is 37.5 Å². The van der Waals surface area contributed by atoms with Crippen molar-refractivity contribution >= 4 is 25.7 Å². The van der Waals surface area contributed by atoms with Gasteiger partial charge in [-0.1, -0.05) is 199 Å². The molecule has 0 aromatic rings. The van der Waals surface area contributed by atoms with E-state index in [0.717, 1.165) is 57.8 Å². The highest BCUT2D eigenvalue weighted by molar-refractivity contribution is 7.47. The Morgan fingerprint density at radius 2 is 0.847 bits per heavy atom. The van der Waals surface area contributed by atoms with Crippen LogP contribution in [0.5, 0.6) is 0 Å². The van der Waals surface area contributed by atoms with E-state index in [1.54, 1.807) is 0 Å². The number of phosphoric acid groups is 1. The Balaban J connectivity index is 4.15. The molecule has 0 amide bonds. The fourth-order valence-corrected chi connectivity index (χ4v) is 7.72. The van der Waals surface area contributed by atoms with Gasteiger partial charge in [0.25, 0.3) is 0 Å². The topological polar surface area (TPSA) is 172 Å². The van der Waals surface area contributed by atoms with Gasteiger partial charge in [-0.3, -0.25) is 23.4 Å². The third-order valence-electron chi connectivity index (χ3n) is 10.8. The quantitative estimate of drug-likeness (QED) is 0.0230. The number of carboxylic acid groups (broad SMARTS) is 1. The van der Waals surface area contributed by atoms with Gasteiger partial charge in [0.2, 0.25) is 0 Å². The first-order valence-electron chi connectivity index (χ1n) is 24.2. The molecular weight excluding hydrogens is 769 g/mol. The Labute approximate surface area is 360 Å². The van der Waals surface area contributed by atoms with Crippen LogP contribution in [0.25, 0.3) is 0 Å². The Kier molecular flexibility index (Phi) is 41.6. The summed E-state index contributed by atoms with van der Waals surface area (Å²) in [6.07, 6.45) is 44.3. The Morgan fingerprint density at radius 1 is 0.508 bits per heavy atom. The van der Waals surface area contributed by atoms with Crippen molar-refractivity contribution in [2.24, 2.45) is 5.73 Å². The molecule has 3 unspecified atom stereocenters. The van der Waals surface area contributed by atoms with Crippen LogP contribution in [-0.4, -0.2) is 59.9 Å². The number of carbonyl (C=O) groups is 3. The molecule has 0 aromatic carbocycles. The summed E-state index contributed by atoms with van der Waals surface area (Å²) < 4.78 is 32.7. The fraction of sp³-hybridized carbons (Fsp3) is 0.894. The summed E-state index contributed by atoms with van der Waals surface area (Å²) >= 11 is 0. The third kappa shape index (κ3) is 42.7. The molecule has 348 valence electrons. The highest BCUT2D eigenvalue weighted by Crippen LogP contribution is 2.43. The van der Waals surface area contributed by atoms with Gasteiger partial charge in [0.05, 0.1) is 13.2 Å². The number of nitrogens with two attached hydrogens (primary N) is 1. The van der Waals surface area contributed by atoms with Crippen LogP contribution in [0.2, 0.25) is 0 Å². The number of hydrogen-bond donors (Lipinski definition) is 3. The maximum Gasteiger partial charge on any atom is 0.472 e. The zero-order valence-corrected chi connectivity index (χ0v) is 38.8. The van der Waals surface area contributed by atoms with Gasteiger partial charge in [-0.25, -0.2) is 4.57 Å². The molecule has 0 saturated heterocycles. The first-order chi connectivity index (χ1) is 28.6. The molecule has 0 aliphatic carbocycles. The number of ether oxygens (including phenoxy) is 2. The zero-order chi connectivity index (χ0) is 43.5. The number of carboxylic acids is 1. The van der Waals surface area contributed by atoms with Gasteiger partial charge in [0.15, 0.2) is 6.10 Å². The van der Waals surface area contributed by atoms with E-state index >= 15 is 0 Å². The molecule has 0 saturated carbocycles. The lowest BCUT2D eigenvalue weighted by Gasteiger charge is -2.20. The molecule has 0 aliphatic rings. The second-order valence-electron chi connectivity index (χ2n) is 16.6. The summed E-state index contributed by atoms with van der Waals surface area (Å²) in [4.78, 5) is 46.0. The van der Waals surface area contributed by atoms with Crippen molar-refractivity contribution in [1.29, 1.82) is 0 Å². The highest BCUT2D eigenvalue weighted by atomic mass is 31.2. The summed E-state index contributed by atoms with van der Waals surface area (Å²) in [7, 11) is -4.71. The third-order valence-corrected chi connectivity index (χ3v) is 11.7. The maximum absolute atomic E-state index is 12.6. The number of allylic oxidation sites excluding steroid dienone is 2. The molecule has 11 nitrogen and oxygen atoms in total. The predicted molar refractivity (Wildman–Crippen MR) is 240 cm³/mol. The van der Waals surface area contributed by atoms with Crippen molar-refractivity contribution < 1.29 is 47.5 Å². The number of phosphoric ester groups is 1. The molecule has 0 radical (unpaired) electrons. The summed E-state index contributed by atoms with van der Waals surface area (Å²) in [6.45, 7) is 2.80. The molecule has 0 rings (SSSR count). The average Bonchev–Trinajstić information content (AvgIpc) is 3.21. The minimum atomic E-state index is -4.71. The number of carbonyl (C=O) groups excluding carboxylic acids is 2. The van der Waals surface area contributed by atoms with E-state index in [4.69, 9.17) is 24.8 Å². The van der Waals surface area contributed by atoms with Crippen LogP contribution >= 0.6 is 7.82 Å². The van der Waals surface area contributed by atoms with Crippen molar-refractivity contribution in [2.75, 3.05) is 19.8 Å². The van der Waals surface area contributed by atoms with Gasteiger partial charge in [0.1, 0.15) is 12.6 Å². The molecule has 4 N–H and O–H groups in total. The number of unbranched alkanes of at least 4 members (excludes halogenated alkanes) is 30. The van der Waals surface area contributed by atoms with E-state index in [-0.39, 0.29) is 19.4 Å². The van der Waals surface area contributed by atoms with Gasteiger partial charge in [-0.05, 0) is 38.5 Å². The Hall–Kier alpha value is -1.78. The van der Waals surface area contributed by atoms with E-state index in [2.05, 4.69) is 30.5 Å². The van der Waals surface area contributed by atoms with Gasteiger partial charge in [0, 0.05) is 12.8 Å². The monoisotopic (exact) mass is 860 g/mol. The minimum Gasteiger partial charge on any atom is -0.480 e. The Bertz CT molecular complexity index is 1060. The molecule has 0 spiro atoms. The van der Waals surface area contributed by atoms with Crippen LogP contribution in [0.1, 0.15) is 239 Å². The van der Waals surface area contributed by atoms with Crippen molar-refractivity contribution in [2.45, 2.75) is 251 Å². The Morgan fingerprint density at radius 3 is 1.27 bits per heavy atom. The van der Waals surface area contributed by atoms with Crippen LogP contribution in [0.3, 0.4) is 0 Å². The fourth-order valence-electron chi connectivity index (χ4n) is 6.94. The van der Waals surface area contributed by atoms with Crippen LogP contribution in [0.4, 0.5) is 0 Å². The van der Waals surface area contributed by atoms with E-state index in [1.807, 2.05) is 0 Å². The molecule has 0 heterocycles. The van der Waals surface area contributed by atoms with Crippen LogP contribution < -0.4 is 5.73 Å². The van der Waals surface area contributed by atoms with E-state index < -0.39 is 51.1 Å². The summed E-state index contributed by atoms with van der Waals surface area (Å²) in [6, 6.07) is -1.52. The normalized spacial score (nSPS) is 13.7. The number of aliphatic carboxylic acids is 1. The smallest absolute Gasteiger partial charge is 0.472 e. The number of rotatable bonds is 46. The summed E-state index contributed by atoms with van der Waals surface area (Å²) in [5.41, 5.74) is 5.34. The maximum atomic E-state index is 12.6. The highest BCUT2D eigenvalue weighted by Gasteiger charge is 2.28. The molecule has 12 heteroatoms. The van der Waals surface area contributed by atoms with Crippen molar-refractivity contribution in [3.8, 4) is 0 Å².